The number of aliphatic hydroxyl groups excluding tert-OH is 3. The Kier molecular flexibility index (Phi) is 33.5. The lowest BCUT2D eigenvalue weighted by atomic mass is 9.87. The summed E-state index contributed by atoms with van der Waals surface area (Å²) in [5.74, 6) is -18.2. The molecule has 2 aliphatic heterocycles. The molecule has 7 unspecified atom stereocenters. The number of amides is 12. The number of esters is 1. The first kappa shape index (κ1) is 84.6. The number of hydrogen-bond donors (Lipinski definition) is 17. The molecule has 0 saturated carbocycles. The molecule has 2 fully saturated rings. The lowest BCUT2D eigenvalue weighted by molar-refractivity contribution is -0.168. The van der Waals surface area contributed by atoms with Crippen LogP contribution in [0.1, 0.15) is 120 Å². The summed E-state index contributed by atoms with van der Waals surface area (Å²) < 4.78 is 17.3. The number of carbonyl (C=O) groups excluding carboxylic acids is 13. The van der Waals surface area contributed by atoms with Gasteiger partial charge in [-0.05, 0) is 96.3 Å². The van der Waals surface area contributed by atoms with Crippen LogP contribution in [0.5, 0.6) is 5.75 Å². The number of allylic oxidation sites excluding steroid dienone is 3. The van der Waals surface area contributed by atoms with Gasteiger partial charge in [0.1, 0.15) is 78.4 Å². The highest BCUT2D eigenvalue weighted by molar-refractivity contribution is 6.00. The third kappa shape index (κ3) is 24.6. The van der Waals surface area contributed by atoms with E-state index in [0.717, 1.165) is 44.8 Å². The number of hydrogen-bond acceptors (Lipinski definition) is 22. The number of primary amides is 1. The minimum absolute atomic E-state index is 0.0933. The molecule has 99 heavy (non-hydrogen) atoms. The lowest BCUT2D eigenvalue weighted by Crippen LogP contribution is -2.66. The number of aliphatic hydroxyl groups is 4. The van der Waals surface area contributed by atoms with Crippen molar-refractivity contribution in [1.82, 2.24) is 58.1 Å². The smallest absolute Gasteiger partial charge is 0.329 e. The number of nitrogens with zero attached hydrogens (tertiary/aromatic N) is 1. The van der Waals surface area contributed by atoms with Crippen molar-refractivity contribution in [3.63, 3.8) is 0 Å². The number of aromatic hydroxyl groups is 1. The van der Waals surface area contributed by atoms with Crippen LogP contribution in [-0.2, 0) is 76.5 Å². The molecule has 3 rings (SSSR count). The number of carbonyl (C=O) groups is 13. The van der Waals surface area contributed by atoms with Gasteiger partial charge in [-0.1, -0.05) is 83.9 Å². The largest absolute Gasteiger partial charge is 0.508 e. The number of cyclic esters (lactones) is 1. The molecule has 19 N–H and O–H groups in total. The number of rotatable bonds is 27. The quantitative estimate of drug-likeness (QED) is 0.0291. The fraction of sp³-hybridized carbons (Fsp3) is 0.646. The normalized spacial score (nSPS) is 24.5. The molecule has 0 aromatic heterocycles. The zero-order chi connectivity index (χ0) is 75.1. The highest BCUT2D eigenvalue weighted by Gasteiger charge is 2.47. The Morgan fingerprint density at radius 1 is 0.798 bits per heavy atom. The van der Waals surface area contributed by atoms with Crippen molar-refractivity contribution in [2.75, 3.05) is 40.5 Å². The second-order valence-electron chi connectivity index (χ2n) is 25.8. The van der Waals surface area contributed by atoms with Gasteiger partial charge < -0.3 is 109 Å². The van der Waals surface area contributed by atoms with Crippen molar-refractivity contribution in [1.29, 1.82) is 0 Å². The molecule has 0 radical (unpaired) electrons. The van der Waals surface area contributed by atoms with Crippen molar-refractivity contribution in [2.45, 2.75) is 205 Å². The number of methoxy groups -OCH3 is 2. The number of phenolic OH excluding ortho intramolecular Hbond substituents is 1. The second kappa shape index (κ2) is 39.2. The molecule has 2 saturated heterocycles. The van der Waals surface area contributed by atoms with E-state index in [4.69, 9.17) is 25.7 Å². The zero-order valence-electron chi connectivity index (χ0n) is 58.5. The van der Waals surface area contributed by atoms with E-state index in [9.17, 15) is 68.7 Å². The first-order valence-electron chi connectivity index (χ1n) is 32.7. The summed E-state index contributed by atoms with van der Waals surface area (Å²) in [6.07, 6.45) is -2.34. The highest BCUT2D eigenvalue weighted by atomic mass is 16.5. The van der Waals surface area contributed by atoms with Gasteiger partial charge in [0.05, 0.1) is 31.9 Å². The monoisotopic (exact) mass is 1400 g/mol. The van der Waals surface area contributed by atoms with Crippen LogP contribution in [0, 0.1) is 23.7 Å². The Bertz CT molecular complexity index is 3070. The van der Waals surface area contributed by atoms with E-state index in [0.29, 0.717) is 6.42 Å². The van der Waals surface area contributed by atoms with E-state index in [-0.39, 0.29) is 36.6 Å². The van der Waals surface area contributed by atoms with Crippen LogP contribution in [0.25, 0.3) is 0 Å². The predicted octanol–water partition coefficient (Wildman–Crippen LogP) is -4.65. The number of ether oxygens (including phenoxy) is 3. The van der Waals surface area contributed by atoms with Gasteiger partial charge in [0.25, 0.3) is 5.91 Å². The van der Waals surface area contributed by atoms with Crippen LogP contribution < -0.4 is 64.6 Å². The first-order chi connectivity index (χ1) is 46.2. The molecule has 34 nitrogen and oxygen atoms in total. The minimum atomic E-state index is -2.46. The van der Waals surface area contributed by atoms with Crippen molar-refractivity contribution in [2.24, 2.45) is 35.1 Å². The van der Waals surface area contributed by atoms with Crippen molar-refractivity contribution < 1.29 is 102 Å². The average molecular weight is 1400 g/mol. The van der Waals surface area contributed by atoms with Crippen molar-refractivity contribution in [3.8, 4) is 5.75 Å². The van der Waals surface area contributed by atoms with E-state index in [2.05, 4.69) is 53.2 Å². The van der Waals surface area contributed by atoms with Gasteiger partial charge in [-0.25, -0.2) is 4.79 Å². The number of piperidine rings is 1. The fourth-order valence-corrected chi connectivity index (χ4v) is 10.6. The van der Waals surface area contributed by atoms with Crippen LogP contribution in [-0.4, -0.2) is 238 Å². The van der Waals surface area contributed by atoms with Gasteiger partial charge in [-0.3, -0.25) is 57.5 Å². The molecule has 19 atom stereocenters. The average Bonchev–Trinajstić information content (AvgIpc) is 0.800. The second-order valence-corrected chi connectivity index (χ2v) is 25.8. The maximum atomic E-state index is 15.3. The van der Waals surface area contributed by atoms with Gasteiger partial charge in [0, 0.05) is 32.7 Å². The number of benzene rings is 1. The fourth-order valence-electron chi connectivity index (χ4n) is 10.6. The molecule has 2 aliphatic rings. The van der Waals surface area contributed by atoms with E-state index >= 15 is 19.2 Å². The van der Waals surface area contributed by atoms with Crippen LogP contribution in [0.3, 0.4) is 0 Å². The van der Waals surface area contributed by atoms with Crippen LogP contribution in [0.4, 0.5) is 0 Å². The number of nitrogens with two attached hydrogens (primary N) is 2. The van der Waals surface area contributed by atoms with Crippen LogP contribution in [0.2, 0.25) is 0 Å². The van der Waals surface area contributed by atoms with Gasteiger partial charge in [0.2, 0.25) is 65.0 Å². The summed E-state index contributed by atoms with van der Waals surface area (Å²) in [6.45, 7) is 14.5. The molecule has 554 valence electrons. The van der Waals surface area contributed by atoms with Crippen molar-refractivity contribution in [3.05, 3.63) is 53.6 Å². The predicted molar refractivity (Wildman–Crippen MR) is 354 cm³/mol. The summed E-state index contributed by atoms with van der Waals surface area (Å²) in [5, 5.41) is 77.1. The number of phenols is 1. The molecule has 12 amide bonds. The summed E-state index contributed by atoms with van der Waals surface area (Å²) >= 11 is 0. The molecular formula is C65H103N13O21. The molecule has 0 spiro atoms. The summed E-state index contributed by atoms with van der Waals surface area (Å²) in [5.41, 5.74) is 10.5. The maximum Gasteiger partial charge on any atom is 0.329 e. The molecule has 0 bridgehead atoms. The SMILES string of the molecule is CCC(C)/C=C(C)/C=C\C(O)C(C)(O)C(=O)NCC(=O)N[C@@H](C(=O)NC(C(=O)N[C@H](C(=O)N[C@H]1C(=O)N[C@H](COC)C(=O)NCC(=O)N[C@@H](C)C(=O)N[C@H]([C@@H](C)O)C(=O)NC(C(OC)c2ccc(O)cc2)C(=O)N2CCCCC2C(=O)O[C@@H]1C(C)C)[C@@H](C)[C@@H](C)C(N)=O)[C@H](C)N)[C@@H](C)O. The van der Waals surface area contributed by atoms with Gasteiger partial charge in [-0.2, -0.15) is 0 Å². The zero-order valence-corrected chi connectivity index (χ0v) is 58.5. The van der Waals surface area contributed by atoms with Crippen LogP contribution in [0.15, 0.2) is 48.1 Å². The van der Waals surface area contributed by atoms with Crippen LogP contribution >= 0.6 is 0 Å². The first-order valence-corrected chi connectivity index (χ1v) is 32.7. The molecular weight excluding hydrogens is 1300 g/mol. The topological polar surface area (TPSA) is 526 Å². The Morgan fingerprint density at radius 2 is 1.40 bits per heavy atom. The number of nitrogens with one attached hydrogen (secondary N) is 10. The van der Waals surface area contributed by atoms with Gasteiger partial charge >= 0.3 is 5.97 Å². The Morgan fingerprint density at radius 3 is 1.96 bits per heavy atom. The lowest BCUT2D eigenvalue weighted by Gasteiger charge is -2.40. The summed E-state index contributed by atoms with van der Waals surface area (Å²) in [6, 6.07) is -12.1. The summed E-state index contributed by atoms with van der Waals surface area (Å²) in [4.78, 5) is 185. The van der Waals surface area contributed by atoms with E-state index in [1.807, 2.05) is 19.9 Å². The minimum Gasteiger partial charge on any atom is -0.508 e. The molecule has 1 aromatic carbocycles. The molecule has 0 aliphatic carbocycles. The molecule has 34 heteroatoms. The number of fused-ring (bicyclic) bond motifs is 1. The summed E-state index contributed by atoms with van der Waals surface area (Å²) in [7, 11) is 2.36. The molecule has 1 aromatic rings. The van der Waals surface area contributed by atoms with E-state index < -0.39 is 211 Å². The third-order valence-electron chi connectivity index (χ3n) is 17.1. The maximum absolute atomic E-state index is 15.3. The van der Waals surface area contributed by atoms with Gasteiger partial charge in [-0.15, -0.1) is 0 Å². The Balaban J connectivity index is 2.17. The standard InChI is InChI=1S/C65H103N13O21/c1-15-31(4)26-32(5)19-24-43(82)65(12,96)64(95)69-28-45(84)72-48(37(10)79)59(90)74-47(35(8)66)58(89)73-46(33(6)34(7)54(67)85)57(88)76-50-52(30(2)3)99-63(94)42-18-16-17-25-78(42)62(93)51(53(98-14)39-20-22-40(81)23-21-39)77-60(91)49(38(11)80)75-55(86)36(9)70-44(83)27-68-56(87)41(29-97-13)71-61(50)92/h19-24,26,30-31,33-38,41-43,46-53,79-82,96H,15-18,25,27-29,66H2,1-14H3,(H2,67,85)(H,68,87)(H,69,95)(H,70,83)(H,71,92)(H,72,84)(H,73,89)(H,74,90)(H,75,86)(H,76,88)(H,77,91)/b24-19-,32-26+/t31?,33-,34+,35-,36-,37+,38+,41+,42?,43?,46-,47?,48+,49+,50+,51?,52+,53?,65?/m0/s1. The van der Waals surface area contributed by atoms with E-state index in [1.165, 1.54) is 85.1 Å². The van der Waals surface area contributed by atoms with E-state index in [1.54, 1.807) is 6.92 Å². The van der Waals surface area contributed by atoms with Crippen molar-refractivity contribution >= 4 is 76.9 Å². The molecule has 2 heterocycles. The Labute approximate surface area is 575 Å². The van der Waals surface area contributed by atoms with Gasteiger partial charge in [0.15, 0.2) is 5.60 Å². The highest BCUT2D eigenvalue weighted by Crippen LogP contribution is 2.29. The third-order valence-corrected chi connectivity index (χ3v) is 17.1. The Hall–Kier alpha value is -8.67.